The summed E-state index contributed by atoms with van der Waals surface area (Å²) in [5, 5.41) is 3.48. The molecule has 0 aromatic heterocycles. The zero-order valence-electron chi connectivity index (χ0n) is 15.5. The van der Waals surface area contributed by atoms with Crippen molar-refractivity contribution in [2.24, 2.45) is 11.8 Å². The molecule has 4 rings (SSSR count). The maximum atomic E-state index is 13.0. The lowest BCUT2D eigenvalue weighted by atomic mass is 9.85. The second-order valence-corrected chi connectivity index (χ2v) is 8.27. The first kappa shape index (κ1) is 17.8. The van der Waals surface area contributed by atoms with E-state index in [1.807, 2.05) is 0 Å². The summed E-state index contributed by atoms with van der Waals surface area (Å²) < 4.78 is 13.0. The molecule has 1 N–H and O–H groups in total. The third-order valence-electron chi connectivity index (χ3n) is 6.19. The lowest BCUT2D eigenvalue weighted by Crippen LogP contribution is -2.51. The van der Waals surface area contributed by atoms with Crippen LogP contribution >= 0.6 is 0 Å². The Morgan fingerprint density at radius 3 is 2.23 bits per heavy atom. The van der Waals surface area contributed by atoms with E-state index in [1.54, 1.807) is 12.1 Å². The summed E-state index contributed by atoms with van der Waals surface area (Å²) in [6.45, 7) is 5.13. The van der Waals surface area contributed by atoms with Gasteiger partial charge in [-0.3, -0.25) is 9.69 Å². The number of rotatable bonds is 5. The van der Waals surface area contributed by atoms with Crippen molar-refractivity contribution in [3.05, 3.63) is 30.1 Å². The molecule has 0 unspecified atom stereocenters. The number of anilines is 1. The average molecular weight is 359 g/mol. The zero-order chi connectivity index (χ0) is 17.9. The van der Waals surface area contributed by atoms with Crippen LogP contribution in [0.1, 0.15) is 38.5 Å². The molecule has 0 spiro atoms. The molecule has 0 atom stereocenters. The predicted octanol–water partition coefficient (Wildman–Crippen LogP) is 3.35. The highest BCUT2D eigenvalue weighted by Gasteiger charge is 2.32. The van der Waals surface area contributed by atoms with Crippen molar-refractivity contribution in [2.45, 2.75) is 44.6 Å². The molecule has 1 amide bonds. The molecule has 0 radical (unpaired) electrons. The maximum Gasteiger partial charge on any atom is 0.225 e. The van der Waals surface area contributed by atoms with E-state index in [-0.39, 0.29) is 11.7 Å². The van der Waals surface area contributed by atoms with Gasteiger partial charge in [0.05, 0.1) is 0 Å². The third kappa shape index (κ3) is 4.56. The molecule has 1 aromatic carbocycles. The first-order chi connectivity index (χ1) is 12.7. The van der Waals surface area contributed by atoms with Gasteiger partial charge < -0.3 is 10.2 Å². The lowest BCUT2D eigenvalue weighted by Gasteiger charge is -2.38. The molecule has 0 bridgehead atoms. The Kier molecular flexibility index (Phi) is 5.44. The largest absolute Gasteiger partial charge is 0.382 e. The first-order valence-corrected chi connectivity index (χ1v) is 10.2. The molecule has 1 aliphatic heterocycles. The fourth-order valence-electron chi connectivity index (χ4n) is 4.34. The van der Waals surface area contributed by atoms with Gasteiger partial charge in [0, 0.05) is 50.4 Å². The van der Waals surface area contributed by atoms with E-state index in [0.717, 1.165) is 63.5 Å². The van der Waals surface area contributed by atoms with Crippen LogP contribution in [0.4, 0.5) is 10.1 Å². The summed E-state index contributed by atoms with van der Waals surface area (Å²) in [5.74, 6) is 1.29. The predicted molar refractivity (Wildman–Crippen MR) is 102 cm³/mol. The second kappa shape index (κ2) is 7.95. The molecule has 2 saturated carbocycles. The minimum Gasteiger partial charge on any atom is -0.382 e. The molecular weight excluding hydrogens is 329 g/mol. The minimum absolute atomic E-state index is 0.191. The smallest absolute Gasteiger partial charge is 0.225 e. The van der Waals surface area contributed by atoms with Gasteiger partial charge >= 0.3 is 0 Å². The van der Waals surface area contributed by atoms with Gasteiger partial charge in [-0.1, -0.05) is 0 Å². The number of piperazine rings is 1. The van der Waals surface area contributed by atoms with Crippen LogP contribution < -0.4 is 5.32 Å². The number of benzene rings is 1. The summed E-state index contributed by atoms with van der Waals surface area (Å²) in [6, 6.07) is 6.93. The zero-order valence-corrected chi connectivity index (χ0v) is 15.5. The van der Waals surface area contributed by atoms with Gasteiger partial charge in [0.1, 0.15) is 5.82 Å². The van der Waals surface area contributed by atoms with Crippen LogP contribution in [0.15, 0.2) is 24.3 Å². The Morgan fingerprint density at radius 2 is 1.62 bits per heavy atom. The van der Waals surface area contributed by atoms with Crippen molar-refractivity contribution in [3.8, 4) is 0 Å². The Balaban J connectivity index is 1.20. The van der Waals surface area contributed by atoms with Crippen molar-refractivity contribution < 1.29 is 9.18 Å². The Hall–Kier alpha value is -1.62. The second-order valence-electron chi connectivity index (χ2n) is 8.27. The van der Waals surface area contributed by atoms with Crippen LogP contribution in [0.2, 0.25) is 0 Å². The monoisotopic (exact) mass is 359 g/mol. The quantitative estimate of drug-likeness (QED) is 0.876. The molecule has 5 heteroatoms. The fraction of sp³-hybridized carbons (Fsp3) is 0.667. The minimum atomic E-state index is -0.206. The van der Waals surface area contributed by atoms with E-state index >= 15 is 0 Å². The van der Waals surface area contributed by atoms with Gasteiger partial charge in [-0.15, -0.1) is 0 Å². The highest BCUT2D eigenvalue weighted by Crippen LogP contribution is 2.31. The van der Waals surface area contributed by atoms with Crippen molar-refractivity contribution in [1.29, 1.82) is 0 Å². The van der Waals surface area contributed by atoms with E-state index in [0.29, 0.717) is 11.9 Å². The molecule has 1 heterocycles. The molecule has 2 aliphatic carbocycles. The van der Waals surface area contributed by atoms with Crippen molar-refractivity contribution >= 4 is 11.6 Å². The Labute approximate surface area is 155 Å². The van der Waals surface area contributed by atoms with Gasteiger partial charge in [-0.05, 0) is 68.7 Å². The third-order valence-corrected chi connectivity index (χ3v) is 6.19. The van der Waals surface area contributed by atoms with Gasteiger partial charge in [0.15, 0.2) is 0 Å². The summed E-state index contributed by atoms with van der Waals surface area (Å²) in [5.41, 5.74) is 0.966. The maximum absolute atomic E-state index is 13.0. The molecule has 1 aromatic rings. The topological polar surface area (TPSA) is 35.6 Å². The van der Waals surface area contributed by atoms with Crippen molar-refractivity contribution in [2.75, 3.05) is 38.0 Å². The number of halogens is 1. The van der Waals surface area contributed by atoms with Crippen LogP contribution in [-0.4, -0.2) is 54.5 Å². The van der Waals surface area contributed by atoms with Crippen LogP contribution in [-0.2, 0) is 4.79 Å². The van der Waals surface area contributed by atoms with E-state index in [2.05, 4.69) is 15.1 Å². The average Bonchev–Trinajstić information content (AvgIpc) is 3.48. The number of hydrogen-bond acceptors (Lipinski definition) is 3. The molecule has 4 nitrogen and oxygen atoms in total. The lowest BCUT2D eigenvalue weighted by molar-refractivity contribution is -0.138. The van der Waals surface area contributed by atoms with Gasteiger partial charge in [0.25, 0.3) is 0 Å². The molecule has 26 heavy (non-hydrogen) atoms. The van der Waals surface area contributed by atoms with E-state index in [9.17, 15) is 9.18 Å². The van der Waals surface area contributed by atoms with Gasteiger partial charge in [-0.2, -0.15) is 0 Å². The van der Waals surface area contributed by atoms with Crippen LogP contribution in [0.3, 0.4) is 0 Å². The van der Waals surface area contributed by atoms with Crippen molar-refractivity contribution in [3.63, 3.8) is 0 Å². The number of nitrogens with one attached hydrogen (secondary N) is 1. The Bertz CT molecular complexity index is 600. The van der Waals surface area contributed by atoms with Crippen molar-refractivity contribution in [1.82, 2.24) is 9.80 Å². The number of carbonyl (C=O) groups is 1. The van der Waals surface area contributed by atoms with Gasteiger partial charge in [0.2, 0.25) is 5.91 Å². The standard InChI is InChI=1S/C21H30FN3O/c22-18-5-9-20(10-6-18)23-19-7-3-17(4-8-19)21(26)25-13-11-24(12-14-25)15-16-1-2-16/h5-6,9-10,16-17,19,23H,1-4,7-8,11-15H2. The van der Waals surface area contributed by atoms with E-state index in [1.165, 1.54) is 31.5 Å². The summed E-state index contributed by atoms with van der Waals surface area (Å²) in [7, 11) is 0. The molecular formula is C21H30FN3O. The highest BCUT2D eigenvalue weighted by atomic mass is 19.1. The molecule has 3 aliphatic rings. The SMILES string of the molecule is O=C(C1CCC(Nc2ccc(F)cc2)CC1)N1CCN(CC2CC2)CC1. The highest BCUT2D eigenvalue weighted by molar-refractivity contribution is 5.79. The summed E-state index contributed by atoms with van der Waals surface area (Å²) >= 11 is 0. The summed E-state index contributed by atoms with van der Waals surface area (Å²) in [6.07, 6.45) is 6.73. The van der Waals surface area contributed by atoms with Crippen LogP contribution in [0, 0.1) is 17.7 Å². The summed E-state index contributed by atoms with van der Waals surface area (Å²) in [4.78, 5) is 17.5. The fourth-order valence-corrected chi connectivity index (χ4v) is 4.34. The number of nitrogens with zero attached hydrogens (tertiary/aromatic N) is 2. The number of carbonyl (C=O) groups excluding carboxylic acids is 1. The molecule has 142 valence electrons. The van der Waals surface area contributed by atoms with E-state index in [4.69, 9.17) is 0 Å². The normalized spacial score (nSPS) is 27.3. The van der Waals surface area contributed by atoms with Gasteiger partial charge in [-0.25, -0.2) is 4.39 Å². The molecule has 1 saturated heterocycles. The number of amides is 1. The number of hydrogen-bond donors (Lipinski definition) is 1. The first-order valence-electron chi connectivity index (χ1n) is 10.2. The Morgan fingerprint density at radius 1 is 0.962 bits per heavy atom. The van der Waals surface area contributed by atoms with E-state index < -0.39 is 0 Å². The van der Waals surface area contributed by atoms with Crippen LogP contribution in [0.5, 0.6) is 0 Å². The molecule has 3 fully saturated rings. The van der Waals surface area contributed by atoms with Crippen LogP contribution in [0.25, 0.3) is 0 Å².